The fraction of sp³-hybridized carbons (Fsp3) is 0.333. The Hall–Kier alpha value is -2.87. The van der Waals surface area contributed by atoms with Gasteiger partial charge in [-0.2, -0.15) is 0 Å². The van der Waals surface area contributed by atoms with Gasteiger partial charge in [-0.25, -0.2) is 4.98 Å². The van der Waals surface area contributed by atoms with E-state index in [1.165, 1.54) is 0 Å². The molecule has 0 radical (unpaired) electrons. The van der Waals surface area contributed by atoms with Gasteiger partial charge in [0.2, 0.25) is 0 Å². The first kappa shape index (κ1) is 20.9. The lowest BCUT2D eigenvalue weighted by Crippen LogP contribution is -2.27. The number of aromatic nitrogens is 2. The molecule has 0 bridgehead atoms. The molecule has 1 aromatic heterocycles. The quantitative estimate of drug-likeness (QED) is 0.668. The maximum Gasteiger partial charge on any atom is 0.290 e. The summed E-state index contributed by atoms with van der Waals surface area (Å²) >= 11 is 0.885. The topological polar surface area (TPSA) is 90.3 Å². The first-order valence-electron chi connectivity index (χ1n) is 9.51. The Morgan fingerprint density at radius 2 is 1.97 bits per heavy atom. The summed E-state index contributed by atoms with van der Waals surface area (Å²) in [5.41, 5.74) is 1.47. The minimum absolute atomic E-state index is 0.0592. The first-order chi connectivity index (χ1) is 14.0. The Morgan fingerprint density at radius 3 is 2.62 bits per heavy atom. The molecule has 1 fully saturated rings. The Kier molecular flexibility index (Phi) is 6.87. The molecule has 0 spiro atoms. The third-order valence-electron chi connectivity index (χ3n) is 4.37. The van der Waals surface area contributed by atoms with Gasteiger partial charge < -0.3 is 4.74 Å². The van der Waals surface area contributed by atoms with E-state index in [-0.39, 0.29) is 16.7 Å². The number of amides is 2. The van der Waals surface area contributed by atoms with Gasteiger partial charge >= 0.3 is 0 Å². The van der Waals surface area contributed by atoms with E-state index < -0.39 is 0 Å². The maximum absolute atomic E-state index is 12.3. The van der Waals surface area contributed by atoms with E-state index in [1.54, 1.807) is 28.8 Å². The highest BCUT2D eigenvalue weighted by Crippen LogP contribution is 2.26. The van der Waals surface area contributed by atoms with Gasteiger partial charge in [0.25, 0.3) is 16.7 Å². The van der Waals surface area contributed by atoms with Gasteiger partial charge in [0.05, 0.1) is 11.4 Å². The second-order valence-corrected chi connectivity index (χ2v) is 7.69. The molecular formula is C21H23N3O4S. The lowest BCUT2D eigenvalue weighted by molar-refractivity contribution is -0.115. The Morgan fingerprint density at radius 1 is 1.21 bits per heavy atom. The molecule has 152 valence electrons. The number of rotatable bonds is 8. The normalized spacial score (nSPS) is 15.0. The maximum atomic E-state index is 12.3. The van der Waals surface area contributed by atoms with Crippen LogP contribution in [0.15, 0.2) is 40.0 Å². The standard InChI is InChI=1S/C21H23N3O4S/c1-3-4-5-18-22-14(2)12-19(25)24(18)10-11-28-16-8-6-15(7-9-16)13-17-20(26)23-21(27)29-17/h6-9,12-13H,3-5,10-11H2,1-2H3,(H,23,26,27)/b17-13+. The number of nitrogens with one attached hydrogen (secondary N) is 1. The summed E-state index contributed by atoms with van der Waals surface area (Å²) in [6, 6.07) is 8.75. The number of carbonyl (C=O) groups excluding carboxylic acids is 2. The van der Waals surface area contributed by atoms with Crippen LogP contribution >= 0.6 is 11.8 Å². The van der Waals surface area contributed by atoms with Gasteiger partial charge in [0, 0.05) is 18.2 Å². The van der Waals surface area contributed by atoms with E-state index in [2.05, 4.69) is 17.2 Å². The Labute approximate surface area is 173 Å². The number of aryl methyl sites for hydroxylation is 2. The van der Waals surface area contributed by atoms with Crippen LogP contribution in [0, 0.1) is 6.92 Å². The molecule has 0 saturated carbocycles. The molecule has 0 unspecified atom stereocenters. The number of hydrogen-bond donors (Lipinski definition) is 1. The number of unbranched alkanes of at least 4 members (excludes halogenated alkanes) is 1. The number of benzene rings is 1. The van der Waals surface area contributed by atoms with Crippen LogP contribution in [-0.2, 0) is 17.8 Å². The van der Waals surface area contributed by atoms with E-state index in [0.29, 0.717) is 23.8 Å². The van der Waals surface area contributed by atoms with E-state index in [4.69, 9.17) is 4.74 Å². The number of hydrogen-bond acceptors (Lipinski definition) is 6. The molecule has 7 nitrogen and oxygen atoms in total. The SMILES string of the molecule is CCCCc1nc(C)cc(=O)n1CCOc1ccc(/C=C2/SC(=O)NC2=O)cc1. The zero-order chi connectivity index (χ0) is 20.8. The number of carbonyl (C=O) groups is 2. The van der Waals surface area contributed by atoms with E-state index >= 15 is 0 Å². The molecular weight excluding hydrogens is 390 g/mol. The lowest BCUT2D eigenvalue weighted by atomic mass is 10.2. The summed E-state index contributed by atoms with van der Waals surface area (Å²) < 4.78 is 7.45. The molecule has 2 aromatic rings. The summed E-state index contributed by atoms with van der Waals surface area (Å²) in [6.45, 7) is 4.71. The largest absolute Gasteiger partial charge is 0.492 e. The summed E-state index contributed by atoms with van der Waals surface area (Å²) in [4.78, 5) is 40.0. The van der Waals surface area contributed by atoms with Crippen LogP contribution in [0.1, 0.15) is 36.8 Å². The molecule has 1 aromatic carbocycles. The van der Waals surface area contributed by atoms with Crippen LogP contribution in [0.2, 0.25) is 0 Å². The molecule has 29 heavy (non-hydrogen) atoms. The van der Waals surface area contributed by atoms with Crippen molar-refractivity contribution in [1.82, 2.24) is 14.9 Å². The van der Waals surface area contributed by atoms with Crippen LogP contribution in [-0.4, -0.2) is 27.3 Å². The lowest BCUT2D eigenvalue weighted by Gasteiger charge is -2.13. The zero-order valence-corrected chi connectivity index (χ0v) is 17.3. The molecule has 1 saturated heterocycles. The van der Waals surface area contributed by atoms with Crippen LogP contribution in [0.3, 0.4) is 0 Å². The van der Waals surface area contributed by atoms with E-state index in [0.717, 1.165) is 48.1 Å². The van der Waals surface area contributed by atoms with Crippen molar-refractivity contribution in [3.63, 3.8) is 0 Å². The molecule has 1 aliphatic rings. The number of imide groups is 1. The summed E-state index contributed by atoms with van der Waals surface area (Å²) in [7, 11) is 0. The first-order valence-corrected chi connectivity index (χ1v) is 10.3. The second kappa shape index (κ2) is 9.56. The van der Waals surface area contributed by atoms with Crippen LogP contribution in [0.25, 0.3) is 6.08 Å². The van der Waals surface area contributed by atoms with Crippen molar-refractivity contribution in [3.05, 3.63) is 62.7 Å². The molecule has 1 aliphatic heterocycles. The Balaban J connectivity index is 1.61. The molecule has 0 aliphatic carbocycles. The van der Waals surface area contributed by atoms with Gasteiger partial charge in [0.1, 0.15) is 18.2 Å². The highest BCUT2D eigenvalue weighted by molar-refractivity contribution is 8.18. The summed E-state index contributed by atoms with van der Waals surface area (Å²) in [5, 5.41) is 1.87. The number of thioether (sulfide) groups is 1. The van der Waals surface area contributed by atoms with Gasteiger partial charge in [0.15, 0.2) is 0 Å². The summed E-state index contributed by atoms with van der Waals surface area (Å²) in [6.07, 6.45) is 4.45. The molecule has 0 atom stereocenters. The smallest absolute Gasteiger partial charge is 0.290 e. The predicted molar refractivity (Wildman–Crippen MR) is 113 cm³/mol. The van der Waals surface area contributed by atoms with Crippen LogP contribution < -0.4 is 15.6 Å². The number of nitrogens with zero attached hydrogens (tertiary/aromatic N) is 2. The summed E-state index contributed by atoms with van der Waals surface area (Å²) in [5.74, 6) is 1.08. The molecule has 2 amide bonds. The predicted octanol–water partition coefficient (Wildman–Crippen LogP) is 3.30. The fourth-order valence-corrected chi connectivity index (χ4v) is 3.61. The third kappa shape index (κ3) is 5.57. The van der Waals surface area contributed by atoms with E-state index in [9.17, 15) is 14.4 Å². The minimum Gasteiger partial charge on any atom is -0.492 e. The highest BCUT2D eigenvalue weighted by atomic mass is 32.2. The van der Waals surface area contributed by atoms with E-state index in [1.807, 2.05) is 19.1 Å². The monoisotopic (exact) mass is 413 g/mol. The van der Waals surface area contributed by atoms with Crippen molar-refractivity contribution < 1.29 is 14.3 Å². The van der Waals surface area contributed by atoms with Gasteiger partial charge in [-0.1, -0.05) is 25.5 Å². The molecule has 3 rings (SSSR count). The van der Waals surface area contributed by atoms with Gasteiger partial charge in [-0.3, -0.25) is 24.3 Å². The molecule has 1 N–H and O–H groups in total. The minimum atomic E-state index is -0.378. The fourth-order valence-electron chi connectivity index (χ4n) is 2.93. The van der Waals surface area contributed by atoms with Crippen molar-refractivity contribution in [1.29, 1.82) is 0 Å². The molecule has 8 heteroatoms. The average molecular weight is 413 g/mol. The Bertz CT molecular complexity index is 996. The van der Waals surface area contributed by atoms with Gasteiger partial charge in [-0.05, 0) is 48.9 Å². The van der Waals surface area contributed by atoms with Gasteiger partial charge in [-0.15, -0.1) is 0 Å². The van der Waals surface area contributed by atoms with Crippen LogP contribution in [0.5, 0.6) is 5.75 Å². The second-order valence-electron chi connectivity index (χ2n) is 6.68. The van der Waals surface area contributed by atoms with Crippen molar-refractivity contribution in [2.75, 3.05) is 6.61 Å². The van der Waals surface area contributed by atoms with Crippen LogP contribution in [0.4, 0.5) is 4.79 Å². The average Bonchev–Trinajstić information content (AvgIpc) is 3.00. The zero-order valence-electron chi connectivity index (χ0n) is 16.4. The number of ether oxygens (including phenoxy) is 1. The highest BCUT2D eigenvalue weighted by Gasteiger charge is 2.24. The van der Waals surface area contributed by atoms with Crippen molar-refractivity contribution in [2.24, 2.45) is 0 Å². The van der Waals surface area contributed by atoms with Crippen molar-refractivity contribution in [3.8, 4) is 5.75 Å². The van der Waals surface area contributed by atoms with Crippen molar-refractivity contribution in [2.45, 2.75) is 39.7 Å². The van der Waals surface area contributed by atoms with Crippen molar-refractivity contribution >= 4 is 29.0 Å². The third-order valence-corrected chi connectivity index (χ3v) is 5.18. The molecule has 2 heterocycles.